The highest BCUT2D eigenvalue weighted by Crippen LogP contribution is 2.35. The van der Waals surface area contributed by atoms with Crippen molar-refractivity contribution in [2.75, 3.05) is 12.4 Å². The Morgan fingerprint density at radius 2 is 2.20 bits per heavy atom. The van der Waals surface area contributed by atoms with Crippen LogP contribution in [-0.4, -0.2) is 46.4 Å². The van der Waals surface area contributed by atoms with Gasteiger partial charge in [0.2, 0.25) is 11.8 Å². The van der Waals surface area contributed by atoms with Gasteiger partial charge in [-0.3, -0.25) is 9.89 Å². The van der Waals surface area contributed by atoms with E-state index in [1.165, 1.54) is 7.11 Å². The fourth-order valence-electron chi connectivity index (χ4n) is 3.53. The van der Waals surface area contributed by atoms with E-state index >= 15 is 0 Å². The first-order valence-electron chi connectivity index (χ1n) is 10.3. The maximum absolute atomic E-state index is 12.4. The van der Waals surface area contributed by atoms with E-state index in [4.69, 9.17) is 9.47 Å². The van der Waals surface area contributed by atoms with Crippen LogP contribution in [-0.2, 0) is 16.0 Å². The Morgan fingerprint density at radius 1 is 1.37 bits per heavy atom. The third kappa shape index (κ3) is 5.71. The molecule has 0 bridgehead atoms. The lowest BCUT2D eigenvalue weighted by Gasteiger charge is -2.16. The first kappa shape index (κ1) is 21.6. The number of aromatic nitrogens is 3. The average Bonchev–Trinajstić information content (AvgIpc) is 3.37. The predicted octanol–water partition coefficient (Wildman–Crippen LogP) is 3.16. The van der Waals surface area contributed by atoms with E-state index in [0.717, 1.165) is 31.4 Å². The molecule has 3 N–H and O–H groups in total. The van der Waals surface area contributed by atoms with E-state index in [1.807, 2.05) is 19.9 Å². The van der Waals surface area contributed by atoms with Gasteiger partial charge in [-0.05, 0) is 38.7 Å². The quantitative estimate of drug-likeness (QED) is 0.609. The average molecular weight is 415 g/mol. The molecule has 1 aliphatic carbocycles. The maximum Gasteiger partial charge on any atom is 0.407 e. The lowest BCUT2D eigenvalue weighted by atomic mass is 10.0. The number of pyridine rings is 1. The topological polar surface area (TPSA) is 118 Å². The Hall–Kier alpha value is -3.10. The molecule has 0 unspecified atom stereocenters. The fraction of sp³-hybridized carbons (Fsp3) is 0.524. The molecule has 1 aliphatic rings. The molecule has 1 fully saturated rings. The molecule has 0 aliphatic heterocycles. The summed E-state index contributed by atoms with van der Waals surface area (Å²) < 4.78 is 10.7. The largest absolute Gasteiger partial charge is 0.481 e. The van der Waals surface area contributed by atoms with Crippen molar-refractivity contribution in [3.05, 3.63) is 35.7 Å². The first-order chi connectivity index (χ1) is 14.5. The summed E-state index contributed by atoms with van der Waals surface area (Å²) in [5.41, 5.74) is 1.64. The second-order valence-corrected chi connectivity index (χ2v) is 7.60. The number of alkyl carbamates (subject to hydrolysis) is 1. The zero-order valence-electron chi connectivity index (χ0n) is 17.6. The highest BCUT2D eigenvalue weighted by atomic mass is 16.6. The summed E-state index contributed by atoms with van der Waals surface area (Å²) in [7, 11) is 1.52. The number of ether oxygens (including phenoxy) is 2. The Morgan fingerprint density at radius 3 is 2.97 bits per heavy atom. The van der Waals surface area contributed by atoms with Crippen molar-refractivity contribution < 1.29 is 19.1 Å². The van der Waals surface area contributed by atoms with Gasteiger partial charge in [-0.2, -0.15) is 5.10 Å². The molecule has 2 amide bonds. The molecule has 2 heterocycles. The summed E-state index contributed by atoms with van der Waals surface area (Å²) in [4.78, 5) is 28.4. The van der Waals surface area contributed by atoms with E-state index in [0.29, 0.717) is 17.3 Å². The molecule has 9 nitrogen and oxygen atoms in total. The van der Waals surface area contributed by atoms with Crippen molar-refractivity contribution in [3.8, 4) is 5.88 Å². The Kier molecular flexibility index (Phi) is 7.26. The number of carbonyl (C=O) groups excluding carboxylic acids is 2. The number of methoxy groups -OCH3 is 1. The molecule has 3 atom stereocenters. The molecule has 0 spiro atoms. The van der Waals surface area contributed by atoms with Crippen molar-refractivity contribution in [1.29, 1.82) is 0 Å². The van der Waals surface area contributed by atoms with Crippen LogP contribution in [0.25, 0.3) is 0 Å². The number of H-pyrrole nitrogens is 1. The molecule has 1 saturated carbocycles. The molecule has 0 saturated heterocycles. The molecular formula is C21H29N5O4. The van der Waals surface area contributed by atoms with Gasteiger partial charge in [0, 0.05) is 35.5 Å². The van der Waals surface area contributed by atoms with Crippen LogP contribution in [0.2, 0.25) is 0 Å². The van der Waals surface area contributed by atoms with Gasteiger partial charge in [0.1, 0.15) is 6.10 Å². The van der Waals surface area contributed by atoms with Crippen molar-refractivity contribution in [2.45, 2.75) is 64.0 Å². The summed E-state index contributed by atoms with van der Waals surface area (Å²) in [6, 6.07) is 5.50. The Labute approximate surface area is 175 Å². The second kappa shape index (κ2) is 10.1. The number of anilines is 1. The molecule has 2 aromatic rings. The number of amides is 2. The highest BCUT2D eigenvalue weighted by Gasteiger charge is 2.30. The second-order valence-electron chi connectivity index (χ2n) is 7.60. The van der Waals surface area contributed by atoms with Gasteiger partial charge in [0.25, 0.3) is 0 Å². The maximum atomic E-state index is 12.4. The summed E-state index contributed by atoms with van der Waals surface area (Å²) in [5.74, 6) is 0.915. The number of hydrogen-bond acceptors (Lipinski definition) is 6. The molecule has 0 radical (unpaired) electrons. The zero-order valence-corrected chi connectivity index (χ0v) is 17.6. The number of nitrogens with zero attached hydrogens (tertiary/aromatic N) is 2. The van der Waals surface area contributed by atoms with Crippen LogP contribution in [0.3, 0.4) is 0 Å². The normalized spacial score (nSPS) is 19.2. The van der Waals surface area contributed by atoms with Crippen molar-refractivity contribution in [2.24, 2.45) is 0 Å². The third-order valence-corrected chi connectivity index (χ3v) is 5.33. The van der Waals surface area contributed by atoms with E-state index in [9.17, 15) is 9.59 Å². The number of hydrogen-bond donors (Lipinski definition) is 3. The van der Waals surface area contributed by atoms with Gasteiger partial charge >= 0.3 is 6.09 Å². The molecule has 9 heteroatoms. The van der Waals surface area contributed by atoms with Gasteiger partial charge in [-0.1, -0.05) is 13.0 Å². The fourth-order valence-corrected chi connectivity index (χ4v) is 3.53. The number of rotatable bonds is 8. The van der Waals surface area contributed by atoms with Crippen molar-refractivity contribution >= 4 is 17.8 Å². The Bertz CT molecular complexity index is 869. The number of aromatic amines is 1. The number of carbonyl (C=O) groups is 2. The van der Waals surface area contributed by atoms with Gasteiger partial charge in [-0.15, -0.1) is 0 Å². The molecule has 2 aromatic heterocycles. The summed E-state index contributed by atoms with van der Waals surface area (Å²) in [5, 5.41) is 12.8. The van der Waals surface area contributed by atoms with Crippen LogP contribution in [0.5, 0.6) is 5.88 Å². The molecule has 3 rings (SSSR count). The van der Waals surface area contributed by atoms with Crippen molar-refractivity contribution in [3.63, 3.8) is 0 Å². The number of nitrogens with one attached hydrogen (secondary N) is 3. The zero-order chi connectivity index (χ0) is 21.5. The summed E-state index contributed by atoms with van der Waals surface area (Å²) in [6.07, 6.45) is 4.58. The summed E-state index contributed by atoms with van der Waals surface area (Å²) in [6.45, 7) is 3.96. The smallest absolute Gasteiger partial charge is 0.407 e. The minimum atomic E-state index is -0.363. The predicted molar refractivity (Wildman–Crippen MR) is 111 cm³/mol. The minimum absolute atomic E-state index is 0.0973. The lowest BCUT2D eigenvalue weighted by molar-refractivity contribution is -0.115. The standard InChI is InChI=1S/C21H29N5O4/c1-4-13(2)23-21(28)30-16-8-7-14(10-16)17-12-18(26-25-17)24-19(27)11-15-6-5-9-22-20(15)29-3/h5-6,9,12-14,16H,4,7-8,10-11H2,1-3H3,(H,23,28)(H2,24,25,26,27)/t13-,14-,16+/m0/s1. The lowest BCUT2D eigenvalue weighted by Crippen LogP contribution is -2.34. The van der Waals surface area contributed by atoms with E-state index in [2.05, 4.69) is 25.8 Å². The monoisotopic (exact) mass is 415 g/mol. The molecule has 0 aromatic carbocycles. The van der Waals surface area contributed by atoms with Crippen LogP contribution >= 0.6 is 0 Å². The van der Waals surface area contributed by atoms with Crippen LogP contribution in [0.15, 0.2) is 24.4 Å². The molecule has 162 valence electrons. The third-order valence-electron chi connectivity index (χ3n) is 5.33. The first-order valence-corrected chi connectivity index (χ1v) is 10.3. The van der Waals surface area contributed by atoms with Gasteiger partial charge in [0.15, 0.2) is 5.82 Å². The van der Waals surface area contributed by atoms with Gasteiger partial charge in [0.05, 0.1) is 13.5 Å². The van der Waals surface area contributed by atoms with Crippen LogP contribution in [0, 0.1) is 0 Å². The van der Waals surface area contributed by atoms with Crippen molar-refractivity contribution in [1.82, 2.24) is 20.5 Å². The Balaban J connectivity index is 1.50. The van der Waals surface area contributed by atoms with Crippen LogP contribution < -0.4 is 15.4 Å². The van der Waals surface area contributed by atoms with Crippen LogP contribution in [0.1, 0.15) is 56.7 Å². The SMILES string of the molecule is CC[C@H](C)NC(=O)O[C@@H]1CC[C@H](c2cc(NC(=O)Cc3cccnc3OC)n[nH]2)C1. The molecular weight excluding hydrogens is 386 g/mol. The van der Waals surface area contributed by atoms with Gasteiger partial charge < -0.3 is 20.1 Å². The highest BCUT2D eigenvalue weighted by molar-refractivity contribution is 5.91. The van der Waals surface area contributed by atoms with Gasteiger partial charge in [-0.25, -0.2) is 9.78 Å². The van der Waals surface area contributed by atoms with E-state index in [-0.39, 0.29) is 36.5 Å². The minimum Gasteiger partial charge on any atom is -0.481 e. The summed E-state index contributed by atoms with van der Waals surface area (Å²) >= 11 is 0. The van der Waals surface area contributed by atoms with E-state index in [1.54, 1.807) is 18.3 Å². The van der Waals surface area contributed by atoms with E-state index < -0.39 is 0 Å². The van der Waals surface area contributed by atoms with Crippen LogP contribution in [0.4, 0.5) is 10.6 Å². The molecule has 30 heavy (non-hydrogen) atoms.